The first kappa shape index (κ1) is 12.7. The highest BCUT2D eigenvalue weighted by atomic mass is 127. The quantitative estimate of drug-likeness (QED) is 0.407. The van der Waals surface area contributed by atoms with Gasteiger partial charge in [-0.2, -0.15) is 0 Å². The van der Waals surface area contributed by atoms with Gasteiger partial charge in [-0.25, -0.2) is 0 Å². The largest absolute Gasteiger partial charge is 0.353 e. The van der Waals surface area contributed by atoms with E-state index in [0.717, 1.165) is 19.6 Å². The van der Waals surface area contributed by atoms with E-state index in [1.54, 1.807) is 0 Å². The highest BCUT2D eigenvalue weighted by molar-refractivity contribution is 14.1. The van der Waals surface area contributed by atoms with E-state index in [-0.39, 0.29) is 6.29 Å². The molecule has 14 heavy (non-hydrogen) atoms. The van der Waals surface area contributed by atoms with Crippen LogP contribution < -0.4 is 0 Å². The van der Waals surface area contributed by atoms with E-state index >= 15 is 0 Å². The second-order valence-electron chi connectivity index (χ2n) is 3.77. The Kier molecular flexibility index (Phi) is 8.10. The summed E-state index contributed by atoms with van der Waals surface area (Å²) in [7, 11) is 0. The molecule has 0 aromatic carbocycles. The van der Waals surface area contributed by atoms with E-state index in [1.807, 2.05) is 0 Å². The fourth-order valence-corrected chi connectivity index (χ4v) is 2.15. The second kappa shape index (κ2) is 8.92. The molecule has 3 heteroatoms. The fraction of sp³-hybridized carbons (Fsp3) is 1.00. The molecule has 0 N–H and O–H groups in total. The van der Waals surface area contributed by atoms with Crippen LogP contribution in [-0.2, 0) is 9.47 Å². The smallest absolute Gasteiger partial charge is 0.157 e. The SMILES string of the molecule is ICCCCCCOC1CCCCO1. The minimum absolute atomic E-state index is 0.105. The molecule has 0 radical (unpaired) electrons. The number of hydrogen-bond acceptors (Lipinski definition) is 2. The molecule has 2 nitrogen and oxygen atoms in total. The lowest BCUT2D eigenvalue weighted by Gasteiger charge is -2.22. The summed E-state index contributed by atoms with van der Waals surface area (Å²) in [5, 5.41) is 0. The molecule has 0 spiro atoms. The molecule has 1 heterocycles. The Labute approximate surface area is 101 Å². The van der Waals surface area contributed by atoms with Crippen LogP contribution in [-0.4, -0.2) is 23.9 Å². The average molecular weight is 312 g/mol. The average Bonchev–Trinajstić information content (AvgIpc) is 2.25. The van der Waals surface area contributed by atoms with Crippen molar-refractivity contribution in [2.45, 2.75) is 51.2 Å². The van der Waals surface area contributed by atoms with Gasteiger partial charge in [0.1, 0.15) is 0 Å². The third kappa shape index (κ3) is 6.19. The molecule has 84 valence electrons. The van der Waals surface area contributed by atoms with Crippen LogP contribution in [0, 0.1) is 0 Å². The van der Waals surface area contributed by atoms with Crippen LogP contribution in [0.5, 0.6) is 0 Å². The summed E-state index contributed by atoms with van der Waals surface area (Å²) in [5.41, 5.74) is 0. The molecular formula is C11H21IO2. The Morgan fingerprint density at radius 2 is 2.00 bits per heavy atom. The summed E-state index contributed by atoms with van der Waals surface area (Å²) < 4.78 is 12.4. The molecular weight excluding hydrogens is 291 g/mol. The first-order chi connectivity index (χ1) is 6.93. The van der Waals surface area contributed by atoms with Crippen LogP contribution in [0.4, 0.5) is 0 Å². The maximum Gasteiger partial charge on any atom is 0.157 e. The molecule has 0 amide bonds. The molecule has 1 rings (SSSR count). The van der Waals surface area contributed by atoms with Gasteiger partial charge in [0.15, 0.2) is 6.29 Å². The molecule has 1 saturated heterocycles. The number of ether oxygens (including phenoxy) is 2. The van der Waals surface area contributed by atoms with E-state index in [1.165, 1.54) is 43.0 Å². The minimum Gasteiger partial charge on any atom is -0.353 e. The fourth-order valence-electron chi connectivity index (χ4n) is 1.61. The highest BCUT2D eigenvalue weighted by Gasteiger charge is 2.12. The molecule has 1 unspecified atom stereocenters. The van der Waals surface area contributed by atoms with Crippen LogP contribution in [0.2, 0.25) is 0 Å². The van der Waals surface area contributed by atoms with Crippen molar-refractivity contribution in [2.24, 2.45) is 0 Å². The van der Waals surface area contributed by atoms with Gasteiger partial charge in [-0.1, -0.05) is 35.4 Å². The maximum atomic E-state index is 5.64. The van der Waals surface area contributed by atoms with Gasteiger partial charge >= 0.3 is 0 Å². The van der Waals surface area contributed by atoms with E-state index in [2.05, 4.69) is 22.6 Å². The molecule has 0 saturated carbocycles. The first-order valence-electron chi connectivity index (χ1n) is 5.72. The Hall–Kier alpha value is 0.650. The van der Waals surface area contributed by atoms with Crippen molar-refractivity contribution in [1.29, 1.82) is 0 Å². The van der Waals surface area contributed by atoms with Crippen LogP contribution in [0.1, 0.15) is 44.9 Å². The van der Waals surface area contributed by atoms with Gasteiger partial charge in [-0.15, -0.1) is 0 Å². The Bertz CT molecular complexity index is 124. The van der Waals surface area contributed by atoms with Gasteiger partial charge in [-0.05, 0) is 36.5 Å². The van der Waals surface area contributed by atoms with Gasteiger partial charge in [0.25, 0.3) is 0 Å². The number of hydrogen-bond donors (Lipinski definition) is 0. The standard InChI is InChI=1S/C11H21IO2/c12-8-4-1-2-5-9-13-11-7-3-6-10-14-11/h11H,1-10H2. The number of alkyl halides is 1. The van der Waals surface area contributed by atoms with E-state index in [4.69, 9.17) is 9.47 Å². The second-order valence-corrected chi connectivity index (χ2v) is 4.85. The number of rotatable bonds is 7. The summed E-state index contributed by atoms with van der Waals surface area (Å²) >= 11 is 2.43. The van der Waals surface area contributed by atoms with Gasteiger partial charge in [-0.3, -0.25) is 0 Å². The van der Waals surface area contributed by atoms with Gasteiger partial charge in [0.2, 0.25) is 0 Å². The molecule has 0 bridgehead atoms. The van der Waals surface area contributed by atoms with E-state index < -0.39 is 0 Å². The van der Waals surface area contributed by atoms with Gasteiger partial charge in [0.05, 0.1) is 0 Å². The van der Waals surface area contributed by atoms with Crippen molar-refractivity contribution >= 4 is 22.6 Å². The molecule has 1 atom stereocenters. The summed E-state index contributed by atoms with van der Waals surface area (Å²) in [6, 6.07) is 0. The molecule has 1 aliphatic rings. The lowest BCUT2D eigenvalue weighted by molar-refractivity contribution is -0.162. The monoisotopic (exact) mass is 312 g/mol. The Morgan fingerprint density at radius 1 is 1.14 bits per heavy atom. The van der Waals surface area contributed by atoms with E-state index in [9.17, 15) is 0 Å². The Morgan fingerprint density at radius 3 is 2.71 bits per heavy atom. The summed E-state index contributed by atoms with van der Waals surface area (Å²) in [6.07, 6.45) is 8.85. The van der Waals surface area contributed by atoms with Crippen molar-refractivity contribution in [3.8, 4) is 0 Å². The van der Waals surface area contributed by atoms with Crippen LogP contribution >= 0.6 is 22.6 Å². The summed E-state index contributed by atoms with van der Waals surface area (Å²) in [5.74, 6) is 0. The number of unbranched alkanes of at least 4 members (excludes halogenated alkanes) is 3. The van der Waals surface area contributed by atoms with Crippen molar-refractivity contribution in [2.75, 3.05) is 17.6 Å². The number of halogens is 1. The zero-order chi connectivity index (χ0) is 10.1. The van der Waals surface area contributed by atoms with Crippen molar-refractivity contribution in [3.63, 3.8) is 0 Å². The maximum absolute atomic E-state index is 5.64. The van der Waals surface area contributed by atoms with Crippen molar-refractivity contribution < 1.29 is 9.47 Å². The topological polar surface area (TPSA) is 18.5 Å². The predicted molar refractivity (Wildman–Crippen MR) is 66.9 cm³/mol. The molecule has 1 aliphatic heterocycles. The summed E-state index contributed by atoms with van der Waals surface area (Å²) in [4.78, 5) is 0. The lowest BCUT2D eigenvalue weighted by atomic mass is 10.2. The predicted octanol–water partition coefficient (Wildman–Crippen LogP) is 3.53. The van der Waals surface area contributed by atoms with Crippen molar-refractivity contribution in [3.05, 3.63) is 0 Å². The normalized spacial score (nSPS) is 22.5. The van der Waals surface area contributed by atoms with Crippen LogP contribution in [0.15, 0.2) is 0 Å². The zero-order valence-electron chi connectivity index (χ0n) is 8.84. The molecule has 0 aliphatic carbocycles. The van der Waals surface area contributed by atoms with Gasteiger partial charge in [0, 0.05) is 13.2 Å². The Balaban J connectivity index is 1.82. The molecule has 0 aromatic heterocycles. The first-order valence-corrected chi connectivity index (χ1v) is 7.25. The molecule has 0 aromatic rings. The van der Waals surface area contributed by atoms with Crippen LogP contribution in [0.3, 0.4) is 0 Å². The van der Waals surface area contributed by atoms with E-state index in [0.29, 0.717) is 0 Å². The molecule has 1 fully saturated rings. The zero-order valence-corrected chi connectivity index (χ0v) is 11.0. The van der Waals surface area contributed by atoms with Gasteiger partial charge < -0.3 is 9.47 Å². The van der Waals surface area contributed by atoms with Crippen molar-refractivity contribution in [1.82, 2.24) is 0 Å². The third-order valence-corrected chi connectivity index (χ3v) is 3.23. The lowest BCUT2D eigenvalue weighted by Crippen LogP contribution is -2.22. The minimum atomic E-state index is 0.105. The van der Waals surface area contributed by atoms with Crippen LogP contribution in [0.25, 0.3) is 0 Å². The third-order valence-electron chi connectivity index (χ3n) is 2.47. The summed E-state index contributed by atoms with van der Waals surface area (Å²) in [6.45, 7) is 1.77. The highest BCUT2D eigenvalue weighted by Crippen LogP contribution is 2.14.